The molecule has 2 N–H and O–H groups in total. The monoisotopic (exact) mass is 258 g/mol. The lowest BCUT2D eigenvalue weighted by Crippen LogP contribution is -2.31. The Balaban J connectivity index is 2.47. The lowest BCUT2D eigenvalue weighted by Gasteiger charge is -2.08. The highest BCUT2D eigenvalue weighted by molar-refractivity contribution is 7.27. The Morgan fingerprint density at radius 2 is 1.83 bits per heavy atom. The Bertz CT molecular complexity index is 721. The predicted molar refractivity (Wildman–Crippen MR) is 75.7 cm³/mol. The third-order valence-electron chi connectivity index (χ3n) is 3.02. The molecule has 3 nitrogen and oxygen atoms in total. The molecule has 0 aliphatic rings. The van der Waals surface area contributed by atoms with E-state index in [-0.39, 0.29) is 0 Å². The zero-order valence-electron chi connectivity index (χ0n) is 9.75. The molecule has 5 heteroatoms. The molecule has 3 aromatic rings. The molecule has 2 aromatic carbocycles. The molecule has 0 atom stereocenters. The van der Waals surface area contributed by atoms with Crippen LogP contribution in [0.15, 0.2) is 36.4 Å². The molecule has 1 heterocycles. The van der Waals surface area contributed by atoms with Crippen molar-refractivity contribution in [3.05, 3.63) is 36.4 Å². The summed E-state index contributed by atoms with van der Waals surface area (Å²) < 4.78 is 7.19. The van der Waals surface area contributed by atoms with E-state index in [0.29, 0.717) is 11.2 Å². The fourth-order valence-corrected chi connectivity index (χ4v) is 3.47. The van der Waals surface area contributed by atoms with Gasteiger partial charge < -0.3 is 14.8 Å². The second kappa shape index (κ2) is 4.28. The van der Waals surface area contributed by atoms with Gasteiger partial charge in [-0.1, -0.05) is 18.2 Å². The summed E-state index contributed by atoms with van der Waals surface area (Å²) in [6.45, 7) is 0. The number of methoxy groups -OCH3 is 1. The second-order valence-corrected chi connectivity index (χ2v) is 5.08. The first-order valence-corrected chi connectivity index (χ1v) is 6.38. The van der Waals surface area contributed by atoms with Crippen molar-refractivity contribution in [3.8, 4) is 5.75 Å². The molecule has 0 radical (unpaired) electrons. The van der Waals surface area contributed by atoms with Gasteiger partial charge >= 0.3 is 7.12 Å². The van der Waals surface area contributed by atoms with Crippen LogP contribution in [0.5, 0.6) is 5.75 Å². The molecule has 0 aliphatic carbocycles. The van der Waals surface area contributed by atoms with Crippen molar-refractivity contribution in [2.24, 2.45) is 0 Å². The fourth-order valence-electron chi connectivity index (χ4n) is 2.21. The first-order chi connectivity index (χ1) is 8.72. The normalized spacial score (nSPS) is 11.1. The van der Waals surface area contributed by atoms with Gasteiger partial charge in [0.15, 0.2) is 0 Å². The molecule has 90 valence electrons. The SMILES string of the molecule is COc1ccc2c(sc3ccccc32)c1B(O)O. The largest absolute Gasteiger partial charge is 0.497 e. The summed E-state index contributed by atoms with van der Waals surface area (Å²) >= 11 is 1.55. The van der Waals surface area contributed by atoms with Crippen LogP contribution in [0.25, 0.3) is 20.2 Å². The van der Waals surface area contributed by atoms with Crippen molar-refractivity contribution >= 4 is 44.1 Å². The van der Waals surface area contributed by atoms with Gasteiger partial charge in [0.05, 0.1) is 7.11 Å². The van der Waals surface area contributed by atoms with Crippen molar-refractivity contribution in [2.75, 3.05) is 7.11 Å². The smallest absolute Gasteiger partial charge is 0.493 e. The van der Waals surface area contributed by atoms with Crippen LogP contribution in [-0.2, 0) is 0 Å². The van der Waals surface area contributed by atoms with E-state index in [2.05, 4.69) is 0 Å². The molecule has 0 aliphatic heterocycles. The molecule has 0 unspecified atom stereocenters. The van der Waals surface area contributed by atoms with Crippen LogP contribution in [0.1, 0.15) is 0 Å². The van der Waals surface area contributed by atoms with E-state index in [4.69, 9.17) is 4.74 Å². The first kappa shape index (κ1) is 11.5. The van der Waals surface area contributed by atoms with Gasteiger partial charge in [0.1, 0.15) is 5.75 Å². The lowest BCUT2D eigenvalue weighted by atomic mass is 9.79. The molecule has 3 rings (SSSR count). The molecule has 0 saturated carbocycles. The zero-order chi connectivity index (χ0) is 12.7. The van der Waals surface area contributed by atoms with E-state index < -0.39 is 7.12 Å². The van der Waals surface area contributed by atoms with Crippen LogP contribution < -0.4 is 10.2 Å². The average molecular weight is 258 g/mol. The minimum atomic E-state index is -1.53. The van der Waals surface area contributed by atoms with E-state index >= 15 is 0 Å². The summed E-state index contributed by atoms with van der Waals surface area (Å²) in [7, 11) is -0.00268. The highest BCUT2D eigenvalue weighted by atomic mass is 32.1. The average Bonchev–Trinajstić information content (AvgIpc) is 2.75. The number of ether oxygens (including phenoxy) is 1. The second-order valence-electron chi connectivity index (χ2n) is 4.03. The van der Waals surface area contributed by atoms with Gasteiger partial charge in [-0.25, -0.2) is 0 Å². The maximum atomic E-state index is 9.54. The zero-order valence-corrected chi connectivity index (χ0v) is 10.6. The first-order valence-electron chi connectivity index (χ1n) is 5.56. The number of thiophene rings is 1. The summed E-state index contributed by atoms with van der Waals surface area (Å²) in [5, 5.41) is 21.2. The number of rotatable bonds is 2. The van der Waals surface area contributed by atoms with Crippen molar-refractivity contribution in [1.29, 1.82) is 0 Å². The van der Waals surface area contributed by atoms with Crippen LogP contribution in [-0.4, -0.2) is 24.3 Å². The maximum absolute atomic E-state index is 9.54. The Hall–Kier alpha value is -1.56. The summed E-state index contributed by atoms with van der Waals surface area (Å²) in [5.41, 5.74) is 0.441. The number of benzene rings is 2. The Morgan fingerprint density at radius 3 is 2.56 bits per heavy atom. The van der Waals surface area contributed by atoms with Gasteiger partial charge in [-0.05, 0) is 18.2 Å². The summed E-state index contributed by atoms with van der Waals surface area (Å²) in [6.07, 6.45) is 0. The Labute approximate surface area is 108 Å². The summed E-state index contributed by atoms with van der Waals surface area (Å²) in [5.74, 6) is 0.504. The van der Waals surface area contributed by atoms with Crippen LogP contribution >= 0.6 is 11.3 Å². The van der Waals surface area contributed by atoms with E-state index in [1.807, 2.05) is 30.3 Å². The van der Waals surface area contributed by atoms with Crippen molar-refractivity contribution in [3.63, 3.8) is 0 Å². The van der Waals surface area contributed by atoms with E-state index in [1.54, 1.807) is 17.4 Å². The standard InChI is InChI=1S/C13H11BO3S/c1-17-10-7-6-9-8-4-2-3-5-11(8)18-13(9)12(10)14(15)16/h2-7,15-16H,1H3. The van der Waals surface area contributed by atoms with Gasteiger partial charge in [0.25, 0.3) is 0 Å². The van der Waals surface area contributed by atoms with E-state index in [1.165, 1.54) is 7.11 Å². The molecule has 1 aromatic heterocycles. The summed E-state index contributed by atoms with van der Waals surface area (Å²) in [4.78, 5) is 0. The molecule has 0 saturated heterocycles. The molecular weight excluding hydrogens is 247 g/mol. The number of fused-ring (bicyclic) bond motifs is 3. The van der Waals surface area contributed by atoms with Crippen molar-refractivity contribution < 1.29 is 14.8 Å². The van der Waals surface area contributed by atoms with Gasteiger partial charge in [-0.2, -0.15) is 0 Å². The number of hydrogen-bond acceptors (Lipinski definition) is 4. The molecule has 0 spiro atoms. The van der Waals surface area contributed by atoms with Gasteiger partial charge in [0.2, 0.25) is 0 Å². The van der Waals surface area contributed by atoms with Crippen molar-refractivity contribution in [2.45, 2.75) is 0 Å². The van der Waals surface area contributed by atoms with E-state index in [0.717, 1.165) is 20.2 Å². The van der Waals surface area contributed by atoms with Gasteiger partial charge in [-0.15, -0.1) is 11.3 Å². The van der Waals surface area contributed by atoms with Gasteiger partial charge in [-0.3, -0.25) is 0 Å². The molecule has 0 amide bonds. The fraction of sp³-hybridized carbons (Fsp3) is 0.0769. The topological polar surface area (TPSA) is 49.7 Å². The summed E-state index contributed by atoms with van der Waals surface area (Å²) in [6, 6.07) is 11.8. The molecule has 0 fully saturated rings. The minimum Gasteiger partial charge on any atom is -0.497 e. The molecular formula is C13H11BO3S. The maximum Gasteiger partial charge on any atom is 0.493 e. The number of hydrogen-bond donors (Lipinski definition) is 2. The quantitative estimate of drug-likeness (QED) is 0.688. The van der Waals surface area contributed by atoms with Crippen LogP contribution in [0.2, 0.25) is 0 Å². The van der Waals surface area contributed by atoms with Crippen LogP contribution in [0, 0.1) is 0 Å². The van der Waals surface area contributed by atoms with Crippen LogP contribution in [0.4, 0.5) is 0 Å². The third-order valence-corrected chi connectivity index (χ3v) is 4.24. The van der Waals surface area contributed by atoms with Crippen molar-refractivity contribution in [1.82, 2.24) is 0 Å². The molecule has 0 bridgehead atoms. The van der Waals surface area contributed by atoms with E-state index in [9.17, 15) is 10.0 Å². The Kier molecular flexibility index (Phi) is 2.74. The minimum absolute atomic E-state index is 0.441. The Morgan fingerprint density at radius 1 is 1.06 bits per heavy atom. The highest BCUT2D eigenvalue weighted by Crippen LogP contribution is 2.34. The third kappa shape index (κ3) is 1.60. The van der Waals surface area contributed by atoms with Crippen LogP contribution in [0.3, 0.4) is 0 Å². The predicted octanol–water partition coefficient (Wildman–Crippen LogP) is 1.74. The lowest BCUT2D eigenvalue weighted by molar-refractivity contribution is 0.404. The molecule has 18 heavy (non-hydrogen) atoms. The van der Waals surface area contributed by atoms with Gasteiger partial charge in [0, 0.05) is 25.6 Å². The highest BCUT2D eigenvalue weighted by Gasteiger charge is 2.22.